The fourth-order valence-corrected chi connectivity index (χ4v) is 10.3. The summed E-state index contributed by atoms with van der Waals surface area (Å²) in [5, 5.41) is 30.2. The number of carboxylic acids is 1. The van der Waals surface area contributed by atoms with Gasteiger partial charge in [-0.1, -0.05) is 243 Å². The van der Waals surface area contributed by atoms with Gasteiger partial charge in [0.05, 0.1) is 6.04 Å². The molecule has 0 aromatic heterocycles. The molecule has 8 aromatic carbocycles. The van der Waals surface area contributed by atoms with Gasteiger partial charge in [0.1, 0.15) is 42.3 Å². The van der Waals surface area contributed by atoms with Crippen molar-refractivity contribution in [1.29, 1.82) is 0 Å². The second-order valence-corrected chi connectivity index (χ2v) is 21.9. The maximum Gasteiger partial charge on any atom is 0.326 e. The second-order valence-electron chi connectivity index (χ2n) is 21.9. The van der Waals surface area contributed by atoms with Crippen LogP contribution in [0.25, 0.3) is 0 Å². The molecule has 0 heterocycles. The van der Waals surface area contributed by atoms with Crippen molar-refractivity contribution in [3.63, 3.8) is 0 Å². The lowest BCUT2D eigenvalue weighted by Crippen LogP contribution is -2.61. The number of benzene rings is 8. The van der Waals surface area contributed by atoms with E-state index in [-0.39, 0.29) is 51.4 Å². The number of nitrogens with two attached hydrogens (primary N) is 1. The minimum Gasteiger partial charge on any atom is -0.480 e. The molecular formula is C72H74N8O9. The highest BCUT2D eigenvalue weighted by atomic mass is 16.4. The van der Waals surface area contributed by atoms with E-state index in [1.807, 2.05) is 66.7 Å². The minimum absolute atomic E-state index is 0.0246. The fourth-order valence-electron chi connectivity index (χ4n) is 10.3. The highest BCUT2D eigenvalue weighted by Crippen LogP contribution is 2.15. The Morgan fingerprint density at radius 1 is 0.236 bits per heavy atom. The molecule has 456 valence electrons. The normalized spacial score (nSPS) is 13.6. The number of hydrogen-bond acceptors (Lipinski definition) is 9. The predicted octanol–water partition coefficient (Wildman–Crippen LogP) is 5.73. The Kier molecular flexibility index (Phi) is 24.2. The van der Waals surface area contributed by atoms with Crippen LogP contribution in [0.1, 0.15) is 44.5 Å². The van der Waals surface area contributed by atoms with Crippen molar-refractivity contribution in [3.8, 4) is 0 Å². The van der Waals surface area contributed by atoms with Gasteiger partial charge in [-0.25, -0.2) is 4.79 Å². The molecule has 7 amide bonds. The van der Waals surface area contributed by atoms with Crippen LogP contribution in [0, 0.1) is 0 Å². The third-order valence-corrected chi connectivity index (χ3v) is 15.0. The fraction of sp³-hybridized carbons (Fsp3) is 0.222. The molecule has 0 radical (unpaired) electrons. The molecule has 17 heteroatoms. The van der Waals surface area contributed by atoms with Crippen molar-refractivity contribution in [2.45, 2.75) is 99.7 Å². The first-order valence-electron chi connectivity index (χ1n) is 29.6. The van der Waals surface area contributed by atoms with Gasteiger partial charge < -0.3 is 48.1 Å². The van der Waals surface area contributed by atoms with E-state index in [4.69, 9.17) is 5.73 Å². The number of carbonyl (C=O) groups is 8. The smallest absolute Gasteiger partial charge is 0.326 e. The van der Waals surface area contributed by atoms with E-state index in [1.165, 1.54) is 0 Å². The molecule has 0 spiro atoms. The Hall–Kier alpha value is -10.5. The van der Waals surface area contributed by atoms with E-state index in [1.54, 1.807) is 176 Å². The minimum atomic E-state index is -1.38. The van der Waals surface area contributed by atoms with Crippen molar-refractivity contribution >= 4 is 47.3 Å². The Morgan fingerprint density at radius 3 is 0.562 bits per heavy atom. The summed E-state index contributed by atoms with van der Waals surface area (Å²) in [6, 6.07) is 61.5. The molecule has 0 aliphatic rings. The SMILES string of the molecule is N[C@@H](Cc1ccccc1)C(=O)N[C@@H](Cc1ccccc1)C(=O)N[C@@H](Cc1ccccc1)C(=O)N[C@@H](Cc1ccccc1)C(=O)N[C@@H](Cc1ccccc1)C(=O)N[C@@H](Cc1ccccc1)C(=O)N[C@@H](Cc1ccccc1)C(=O)N[C@@H](Cc1ccccc1)C(=O)O. The van der Waals surface area contributed by atoms with Gasteiger partial charge in [-0.2, -0.15) is 0 Å². The van der Waals surface area contributed by atoms with Crippen LogP contribution in [0.4, 0.5) is 0 Å². The van der Waals surface area contributed by atoms with Gasteiger partial charge in [-0.3, -0.25) is 33.6 Å². The first-order valence-corrected chi connectivity index (χ1v) is 29.6. The van der Waals surface area contributed by atoms with Crippen molar-refractivity contribution in [3.05, 3.63) is 287 Å². The Balaban J connectivity index is 1.06. The summed E-state index contributed by atoms with van der Waals surface area (Å²) in [5.41, 5.74) is 12.0. The quantitative estimate of drug-likeness (QED) is 0.0255. The number of carbonyl (C=O) groups excluding carboxylic acids is 7. The molecular weight excluding hydrogens is 1120 g/mol. The van der Waals surface area contributed by atoms with Gasteiger partial charge in [0.25, 0.3) is 0 Å². The van der Waals surface area contributed by atoms with Crippen LogP contribution in [-0.2, 0) is 89.7 Å². The average Bonchev–Trinajstić information content (AvgIpc) is 3.72. The van der Waals surface area contributed by atoms with Crippen molar-refractivity contribution in [1.82, 2.24) is 37.2 Å². The first-order chi connectivity index (χ1) is 43.2. The average molecular weight is 1200 g/mol. The molecule has 10 N–H and O–H groups in total. The van der Waals surface area contributed by atoms with Crippen LogP contribution in [-0.4, -0.2) is 101 Å². The molecule has 8 aromatic rings. The zero-order valence-corrected chi connectivity index (χ0v) is 49.2. The molecule has 89 heavy (non-hydrogen) atoms. The summed E-state index contributed by atoms with van der Waals surface area (Å²) in [6.45, 7) is 0. The van der Waals surface area contributed by atoms with E-state index >= 15 is 14.4 Å². The lowest BCUT2D eigenvalue weighted by Gasteiger charge is -2.28. The Bertz CT molecular complexity index is 3560. The summed E-state index contributed by atoms with van der Waals surface area (Å²) in [5.74, 6) is -6.34. The molecule has 8 atom stereocenters. The summed E-state index contributed by atoms with van der Waals surface area (Å²) >= 11 is 0. The van der Waals surface area contributed by atoms with E-state index in [0.717, 1.165) is 11.1 Å². The van der Waals surface area contributed by atoms with Gasteiger partial charge >= 0.3 is 5.97 Å². The summed E-state index contributed by atoms with van der Waals surface area (Å²) in [4.78, 5) is 116. The Morgan fingerprint density at radius 2 is 0.382 bits per heavy atom. The number of carboxylic acid groups (broad SMARTS) is 1. The van der Waals surface area contributed by atoms with E-state index in [9.17, 15) is 29.1 Å². The second kappa shape index (κ2) is 33.4. The molecule has 0 fully saturated rings. The molecule has 0 aliphatic heterocycles. The highest BCUT2D eigenvalue weighted by molar-refractivity contribution is 5.98. The molecule has 0 saturated heterocycles. The zero-order valence-electron chi connectivity index (χ0n) is 49.2. The van der Waals surface area contributed by atoms with E-state index < -0.39 is 95.7 Å². The zero-order chi connectivity index (χ0) is 62.7. The molecule has 17 nitrogen and oxygen atoms in total. The highest BCUT2D eigenvalue weighted by Gasteiger charge is 2.35. The molecule has 0 aliphatic carbocycles. The van der Waals surface area contributed by atoms with Gasteiger partial charge in [0, 0.05) is 44.9 Å². The number of aliphatic carboxylic acids is 1. The lowest BCUT2D eigenvalue weighted by atomic mass is 9.99. The summed E-state index contributed by atoms with van der Waals surface area (Å²) < 4.78 is 0. The van der Waals surface area contributed by atoms with Crippen LogP contribution < -0.4 is 43.0 Å². The summed E-state index contributed by atoms with van der Waals surface area (Å²) in [7, 11) is 0. The maximum absolute atomic E-state index is 15.2. The molecule has 0 bridgehead atoms. The van der Waals surface area contributed by atoms with Crippen molar-refractivity contribution in [2.75, 3.05) is 0 Å². The van der Waals surface area contributed by atoms with Crippen LogP contribution in [0.3, 0.4) is 0 Å². The van der Waals surface area contributed by atoms with E-state index in [0.29, 0.717) is 33.4 Å². The van der Waals surface area contributed by atoms with Gasteiger partial charge in [-0.05, 0) is 50.9 Å². The van der Waals surface area contributed by atoms with Crippen LogP contribution >= 0.6 is 0 Å². The number of hydrogen-bond donors (Lipinski definition) is 9. The molecule has 8 rings (SSSR count). The summed E-state index contributed by atoms with van der Waals surface area (Å²) in [6.07, 6.45) is -0.0219. The van der Waals surface area contributed by atoms with Crippen LogP contribution in [0.2, 0.25) is 0 Å². The largest absolute Gasteiger partial charge is 0.480 e. The van der Waals surface area contributed by atoms with E-state index in [2.05, 4.69) is 37.2 Å². The van der Waals surface area contributed by atoms with Crippen LogP contribution in [0.15, 0.2) is 243 Å². The van der Waals surface area contributed by atoms with Gasteiger partial charge in [-0.15, -0.1) is 0 Å². The number of rotatable bonds is 31. The third kappa shape index (κ3) is 20.9. The molecule has 0 unspecified atom stereocenters. The lowest BCUT2D eigenvalue weighted by molar-refractivity contribution is -0.142. The predicted molar refractivity (Wildman–Crippen MR) is 340 cm³/mol. The first kappa shape index (κ1) is 64.5. The maximum atomic E-state index is 15.2. The monoisotopic (exact) mass is 1190 g/mol. The number of nitrogens with one attached hydrogen (secondary N) is 7. The number of amides is 7. The standard InChI is InChI=1S/C72H74N8O9/c73-57(41-49-25-9-1-10-26-49)65(81)74-58(42-50-27-11-2-12-28-50)66(82)75-59(43-51-29-13-3-14-30-51)67(83)76-60(44-52-31-15-4-16-32-52)68(84)77-61(45-53-33-17-5-18-34-53)69(85)78-62(46-54-35-19-6-20-36-54)70(86)79-63(47-55-37-21-7-22-38-55)71(87)80-64(72(88)89)48-56-39-23-8-24-40-56/h1-40,57-64H,41-48,73H2,(H,74,81)(H,75,82)(H,76,83)(H,77,84)(H,78,85)(H,79,86)(H,80,87)(H,88,89)/t57-,58-,59-,60-,61-,62-,63-,64-/m0/s1. The Labute approximate surface area is 518 Å². The van der Waals surface area contributed by atoms with Crippen molar-refractivity contribution in [2.24, 2.45) is 5.73 Å². The molecule has 0 saturated carbocycles. The van der Waals surface area contributed by atoms with Gasteiger partial charge in [0.2, 0.25) is 41.4 Å². The topological polar surface area (TPSA) is 267 Å². The van der Waals surface area contributed by atoms with Crippen molar-refractivity contribution < 1.29 is 43.5 Å². The van der Waals surface area contributed by atoms with Gasteiger partial charge in [0.15, 0.2) is 0 Å². The van der Waals surface area contributed by atoms with Crippen LogP contribution in [0.5, 0.6) is 0 Å². The third-order valence-electron chi connectivity index (χ3n) is 15.0.